The fourth-order valence-electron chi connectivity index (χ4n) is 3.77. The van der Waals surface area contributed by atoms with E-state index in [2.05, 4.69) is 54.1 Å². The van der Waals surface area contributed by atoms with Crippen molar-refractivity contribution in [1.29, 1.82) is 0 Å². The number of amides is 1. The van der Waals surface area contributed by atoms with Crippen LogP contribution >= 0.6 is 11.8 Å². The Balaban J connectivity index is 1.38. The van der Waals surface area contributed by atoms with Crippen molar-refractivity contribution in [1.82, 2.24) is 25.0 Å². The molecule has 1 amide bonds. The Bertz CT molecular complexity index is 1010. The van der Waals surface area contributed by atoms with Crippen LogP contribution in [0, 0.1) is 0 Å². The number of para-hydroxylation sites is 1. The summed E-state index contributed by atoms with van der Waals surface area (Å²) in [7, 11) is 4.03. The van der Waals surface area contributed by atoms with E-state index in [9.17, 15) is 4.79 Å². The van der Waals surface area contributed by atoms with Crippen molar-refractivity contribution in [2.45, 2.75) is 31.1 Å². The van der Waals surface area contributed by atoms with Crippen LogP contribution in [0.25, 0.3) is 5.69 Å². The second-order valence-electron chi connectivity index (χ2n) is 8.18. The van der Waals surface area contributed by atoms with Crippen LogP contribution in [0.2, 0.25) is 0 Å². The van der Waals surface area contributed by atoms with Crippen LogP contribution in [0.5, 0.6) is 0 Å². The minimum absolute atomic E-state index is 0.0182. The molecule has 4 rings (SSSR count). The Kier molecular flexibility index (Phi) is 7.44. The van der Waals surface area contributed by atoms with Crippen LogP contribution in [0.3, 0.4) is 0 Å². The molecule has 0 spiro atoms. The summed E-state index contributed by atoms with van der Waals surface area (Å²) in [5.74, 6) is 1.20. The Hall–Kier alpha value is -2.84. The van der Waals surface area contributed by atoms with Crippen molar-refractivity contribution < 1.29 is 4.79 Å². The van der Waals surface area contributed by atoms with E-state index in [4.69, 9.17) is 0 Å². The SMILES string of the molecule is CN(C)c1ccc(CNC(=O)CSc2nnc(CN3CCCC3)n2-c2ccccc2)cc1. The van der Waals surface area contributed by atoms with Crippen molar-refractivity contribution >= 4 is 23.4 Å². The highest BCUT2D eigenvalue weighted by molar-refractivity contribution is 7.99. The molecule has 1 N–H and O–H groups in total. The number of nitrogens with one attached hydrogen (secondary N) is 1. The minimum Gasteiger partial charge on any atom is -0.378 e. The maximum absolute atomic E-state index is 12.5. The van der Waals surface area contributed by atoms with Crippen molar-refractivity contribution in [3.05, 3.63) is 66.0 Å². The third-order valence-corrected chi connectivity index (χ3v) is 6.48. The highest BCUT2D eigenvalue weighted by atomic mass is 32.2. The molecule has 168 valence electrons. The molecule has 1 aliphatic rings. The fourth-order valence-corrected chi connectivity index (χ4v) is 4.57. The third kappa shape index (κ3) is 5.69. The lowest BCUT2D eigenvalue weighted by Crippen LogP contribution is -2.25. The lowest BCUT2D eigenvalue weighted by atomic mass is 10.2. The van der Waals surface area contributed by atoms with Gasteiger partial charge in [0.05, 0.1) is 12.3 Å². The number of hydrogen-bond acceptors (Lipinski definition) is 6. The van der Waals surface area contributed by atoms with Gasteiger partial charge in [-0.2, -0.15) is 0 Å². The molecule has 0 bridgehead atoms. The molecule has 0 unspecified atom stereocenters. The van der Waals surface area contributed by atoms with Crippen molar-refractivity contribution in [2.24, 2.45) is 0 Å². The van der Waals surface area contributed by atoms with Gasteiger partial charge < -0.3 is 10.2 Å². The van der Waals surface area contributed by atoms with Crippen LogP contribution in [0.4, 0.5) is 5.69 Å². The van der Waals surface area contributed by atoms with Crippen LogP contribution in [0.1, 0.15) is 24.2 Å². The number of thioether (sulfide) groups is 1. The smallest absolute Gasteiger partial charge is 0.230 e. The number of likely N-dealkylation sites (tertiary alicyclic amines) is 1. The molecule has 0 atom stereocenters. The summed E-state index contributed by atoms with van der Waals surface area (Å²) in [5.41, 5.74) is 3.24. The average molecular weight is 451 g/mol. The molecule has 1 saturated heterocycles. The van der Waals surface area contributed by atoms with Gasteiger partial charge in [0.15, 0.2) is 11.0 Å². The Morgan fingerprint density at radius 2 is 1.75 bits per heavy atom. The number of carbonyl (C=O) groups excluding carboxylic acids is 1. The topological polar surface area (TPSA) is 66.3 Å². The maximum Gasteiger partial charge on any atom is 0.230 e. The summed E-state index contributed by atoms with van der Waals surface area (Å²) < 4.78 is 2.08. The van der Waals surface area contributed by atoms with E-state index in [1.54, 1.807) is 0 Å². The van der Waals surface area contributed by atoms with E-state index < -0.39 is 0 Å². The minimum atomic E-state index is -0.0182. The summed E-state index contributed by atoms with van der Waals surface area (Å²) in [6, 6.07) is 18.3. The summed E-state index contributed by atoms with van der Waals surface area (Å²) >= 11 is 1.42. The Morgan fingerprint density at radius 3 is 2.44 bits per heavy atom. The predicted octanol–water partition coefficient (Wildman–Crippen LogP) is 3.34. The summed E-state index contributed by atoms with van der Waals surface area (Å²) in [5, 5.41) is 12.6. The van der Waals surface area contributed by atoms with Gasteiger partial charge in [0.2, 0.25) is 5.91 Å². The molecule has 0 saturated carbocycles. The van der Waals surface area contributed by atoms with E-state index >= 15 is 0 Å². The fraction of sp³-hybridized carbons (Fsp3) is 0.375. The molecule has 2 heterocycles. The van der Waals surface area contributed by atoms with Gasteiger partial charge in [-0.25, -0.2) is 0 Å². The zero-order valence-corrected chi connectivity index (χ0v) is 19.5. The number of hydrogen-bond donors (Lipinski definition) is 1. The molecule has 8 heteroatoms. The number of rotatable bonds is 9. The third-order valence-electron chi connectivity index (χ3n) is 5.55. The second-order valence-corrected chi connectivity index (χ2v) is 9.12. The molecule has 0 radical (unpaired) electrons. The van der Waals surface area contributed by atoms with Gasteiger partial charge >= 0.3 is 0 Å². The molecule has 32 heavy (non-hydrogen) atoms. The van der Waals surface area contributed by atoms with Crippen molar-refractivity contribution in [3.63, 3.8) is 0 Å². The van der Waals surface area contributed by atoms with Gasteiger partial charge in [0, 0.05) is 32.0 Å². The van der Waals surface area contributed by atoms with Gasteiger partial charge in [-0.15, -0.1) is 10.2 Å². The Morgan fingerprint density at radius 1 is 1.03 bits per heavy atom. The molecular formula is C24H30N6OS. The van der Waals surface area contributed by atoms with Crippen molar-refractivity contribution in [2.75, 3.05) is 37.8 Å². The van der Waals surface area contributed by atoms with Crippen LogP contribution in [-0.2, 0) is 17.9 Å². The largest absolute Gasteiger partial charge is 0.378 e. The normalized spacial score (nSPS) is 13.9. The van der Waals surface area contributed by atoms with Gasteiger partial charge in [-0.3, -0.25) is 14.3 Å². The standard InChI is InChI=1S/C24H30N6OS/c1-28(2)20-12-10-19(11-13-20)16-25-23(31)18-32-24-27-26-22(17-29-14-6-7-15-29)30(24)21-8-4-3-5-9-21/h3-5,8-13H,6-7,14-18H2,1-2H3,(H,25,31). The Labute approximate surface area is 193 Å². The molecule has 7 nitrogen and oxygen atoms in total. The first-order valence-electron chi connectivity index (χ1n) is 11.0. The zero-order chi connectivity index (χ0) is 22.3. The zero-order valence-electron chi connectivity index (χ0n) is 18.7. The van der Waals surface area contributed by atoms with Crippen LogP contribution < -0.4 is 10.2 Å². The highest BCUT2D eigenvalue weighted by Gasteiger charge is 2.20. The van der Waals surface area contributed by atoms with Crippen molar-refractivity contribution in [3.8, 4) is 5.69 Å². The second kappa shape index (κ2) is 10.7. The summed E-state index contributed by atoms with van der Waals surface area (Å²) in [4.78, 5) is 17.0. The van der Waals surface area contributed by atoms with E-state index in [0.29, 0.717) is 12.3 Å². The summed E-state index contributed by atoms with van der Waals surface area (Å²) in [6.07, 6.45) is 2.47. The molecular weight excluding hydrogens is 420 g/mol. The van der Waals surface area contributed by atoms with Gasteiger partial charge in [-0.1, -0.05) is 42.1 Å². The monoisotopic (exact) mass is 450 g/mol. The molecule has 2 aromatic carbocycles. The van der Waals surface area contributed by atoms with E-state index in [-0.39, 0.29) is 5.91 Å². The number of benzene rings is 2. The van der Waals surface area contributed by atoms with Crippen LogP contribution in [0.15, 0.2) is 59.8 Å². The first kappa shape index (κ1) is 22.4. The number of anilines is 1. The maximum atomic E-state index is 12.5. The van der Waals surface area contributed by atoms with Gasteiger partial charge in [0.25, 0.3) is 0 Å². The lowest BCUT2D eigenvalue weighted by molar-refractivity contribution is -0.118. The number of aromatic nitrogens is 3. The van der Waals surface area contributed by atoms with Gasteiger partial charge in [-0.05, 0) is 55.8 Å². The van der Waals surface area contributed by atoms with E-state index in [1.807, 2.05) is 44.4 Å². The first-order chi connectivity index (χ1) is 15.6. The number of carbonyl (C=O) groups is 1. The molecule has 1 aliphatic heterocycles. The average Bonchev–Trinajstić information content (AvgIpc) is 3.47. The molecule has 1 aromatic heterocycles. The molecule has 1 fully saturated rings. The highest BCUT2D eigenvalue weighted by Crippen LogP contribution is 2.23. The van der Waals surface area contributed by atoms with Crippen LogP contribution in [-0.4, -0.2) is 58.5 Å². The lowest BCUT2D eigenvalue weighted by Gasteiger charge is -2.16. The predicted molar refractivity (Wildman–Crippen MR) is 129 cm³/mol. The molecule has 3 aromatic rings. The van der Waals surface area contributed by atoms with E-state index in [0.717, 1.165) is 47.6 Å². The molecule has 0 aliphatic carbocycles. The van der Waals surface area contributed by atoms with Gasteiger partial charge in [0.1, 0.15) is 0 Å². The number of nitrogens with zero attached hydrogens (tertiary/aromatic N) is 5. The first-order valence-corrected chi connectivity index (χ1v) is 12.0. The quantitative estimate of drug-likeness (QED) is 0.505. The van der Waals surface area contributed by atoms with E-state index in [1.165, 1.54) is 24.6 Å². The summed E-state index contributed by atoms with van der Waals surface area (Å²) in [6.45, 7) is 3.49.